The Morgan fingerprint density at radius 2 is 0.625 bits per heavy atom. The van der Waals surface area contributed by atoms with E-state index in [0.29, 0.717) is 28.3 Å². The fraction of sp³-hybridized carbons (Fsp3) is 0. The number of fused-ring (bicyclic) bond motifs is 21. The van der Waals surface area contributed by atoms with Crippen LogP contribution in [0.25, 0.3) is 187 Å². The molecule has 0 fully saturated rings. The maximum absolute atomic E-state index is 12.1. The molecule has 13 aromatic carbocycles. The number of aromatic nitrogens is 3. The van der Waals surface area contributed by atoms with Gasteiger partial charge in [0.1, 0.15) is 39.6 Å². The Bertz CT molecular complexity index is 6050. The van der Waals surface area contributed by atoms with Crippen LogP contribution in [-0.4, -0.2) is 13.7 Å². The molecule has 0 atom stereocenters. The molecule has 0 spiro atoms. The summed E-state index contributed by atoms with van der Waals surface area (Å²) in [6.45, 7) is 9.46. The highest BCUT2D eigenvalue weighted by atomic mass is 16.3. The second-order valence-electron chi connectivity index (χ2n) is 22.8. The van der Waals surface area contributed by atoms with E-state index >= 15 is 0 Å². The standard InChI is InChI=1S/C80H43N5O3/c1-82-62-44-52(45-81)75(83-63-35-29-49(46-17-5-2-6-18-46)41-59(63)72-66(83)38-32-56-53-23-11-14-26-69(53)86-78(56)72)77(85-65-37-31-51(48-21-9-4-10-22-48)43-61(65)74-68(85)40-34-58-55-25-13-16-28-71(55)88-80(58)74)76(62)84-64-36-30-50(47-19-7-3-8-20-47)42-60(64)73-67(84)39-33-57-54-24-12-15-27-70(54)87-79(57)73/h2-44H. The molecule has 6 heterocycles. The van der Waals surface area contributed by atoms with Crippen molar-refractivity contribution >= 4 is 137 Å². The van der Waals surface area contributed by atoms with Crippen LogP contribution < -0.4 is 0 Å². The van der Waals surface area contributed by atoms with Crippen LogP contribution in [0.1, 0.15) is 5.56 Å². The molecule has 0 aliphatic rings. The normalized spacial score (nSPS) is 12.1. The molecule has 8 heteroatoms. The van der Waals surface area contributed by atoms with Crippen molar-refractivity contribution in [1.29, 1.82) is 5.26 Å². The Balaban J connectivity index is 1.05. The smallest absolute Gasteiger partial charge is 0.214 e. The Labute approximate surface area is 500 Å². The van der Waals surface area contributed by atoms with E-state index in [9.17, 15) is 11.8 Å². The molecule has 0 aliphatic heterocycles. The van der Waals surface area contributed by atoms with Gasteiger partial charge in [-0.2, -0.15) is 5.26 Å². The molecule has 0 saturated carbocycles. The largest absolute Gasteiger partial charge is 0.455 e. The summed E-state index contributed by atoms with van der Waals surface area (Å²) in [6.07, 6.45) is 0. The van der Waals surface area contributed by atoms with Crippen molar-refractivity contribution < 1.29 is 13.3 Å². The number of nitriles is 1. The summed E-state index contributed by atoms with van der Waals surface area (Å²) in [7, 11) is 0. The van der Waals surface area contributed by atoms with Crippen LogP contribution in [0, 0.1) is 17.9 Å². The molecule has 6 aromatic heterocycles. The summed E-state index contributed by atoms with van der Waals surface area (Å²) < 4.78 is 27.9. The van der Waals surface area contributed by atoms with Gasteiger partial charge >= 0.3 is 0 Å². The maximum atomic E-state index is 12.1. The van der Waals surface area contributed by atoms with E-state index in [0.717, 1.165) is 165 Å². The monoisotopic (exact) mass is 1120 g/mol. The van der Waals surface area contributed by atoms with Gasteiger partial charge in [-0.25, -0.2) is 4.85 Å². The predicted molar refractivity (Wildman–Crippen MR) is 359 cm³/mol. The van der Waals surface area contributed by atoms with E-state index < -0.39 is 0 Å². The zero-order valence-corrected chi connectivity index (χ0v) is 46.8. The summed E-state index contributed by atoms with van der Waals surface area (Å²) >= 11 is 0. The second kappa shape index (κ2) is 18.1. The van der Waals surface area contributed by atoms with Gasteiger partial charge in [-0.1, -0.05) is 164 Å². The van der Waals surface area contributed by atoms with E-state index in [1.54, 1.807) is 6.07 Å². The lowest BCUT2D eigenvalue weighted by Crippen LogP contribution is -2.11. The average Bonchev–Trinajstić information content (AvgIpc) is 1.59. The maximum Gasteiger partial charge on any atom is 0.214 e. The number of furan rings is 3. The molecule has 0 amide bonds. The SMILES string of the molecule is [C-]#[N+]c1cc(C#N)c(-n2c3ccc(-c4ccccc4)cc3c3c4oc5ccccc5c4ccc32)c(-n2c3ccc(-c4ccccc4)cc3c3c4oc5ccccc5c4ccc32)c1-n1c2ccc(-c3ccccc3)cc2c2c3oc4ccccc4c3ccc21. The van der Waals surface area contributed by atoms with Crippen molar-refractivity contribution in [2.45, 2.75) is 0 Å². The first-order chi connectivity index (χ1) is 43.6. The molecular weight excluding hydrogens is 1080 g/mol. The summed E-state index contributed by atoms with van der Waals surface area (Å²) in [4.78, 5) is 4.53. The van der Waals surface area contributed by atoms with Crippen LogP contribution in [-0.2, 0) is 0 Å². The van der Waals surface area contributed by atoms with E-state index in [2.05, 4.69) is 219 Å². The topological polar surface area (TPSA) is 82.4 Å². The van der Waals surface area contributed by atoms with Gasteiger partial charge in [-0.15, -0.1) is 0 Å². The molecule has 8 nitrogen and oxygen atoms in total. The van der Waals surface area contributed by atoms with Crippen LogP contribution in [0.15, 0.2) is 274 Å². The molecular formula is C80H43N5O3. The van der Waals surface area contributed by atoms with Gasteiger partial charge < -0.3 is 27.0 Å². The van der Waals surface area contributed by atoms with Crippen LogP contribution in [0.5, 0.6) is 0 Å². The third kappa shape index (κ3) is 6.60. The summed E-state index contributed by atoms with van der Waals surface area (Å²) in [5, 5.41) is 23.7. The molecule has 0 aliphatic carbocycles. The lowest BCUT2D eigenvalue weighted by Gasteiger charge is -2.24. The van der Waals surface area contributed by atoms with Gasteiger partial charge in [-0.05, 0) is 130 Å². The van der Waals surface area contributed by atoms with Crippen molar-refractivity contribution in [2.24, 2.45) is 0 Å². The molecule has 0 unspecified atom stereocenters. The first-order valence-electron chi connectivity index (χ1n) is 29.4. The van der Waals surface area contributed by atoms with Gasteiger partial charge in [0.2, 0.25) is 5.69 Å². The number of hydrogen-bond donors (Lipinski definition) is 0. The third-order valence-corrected chi connectivity index (χ3v) is 18.3. The fourth-order valence-electron chi connectivity index (χ4n) is 14.5. The van der Waals surface area contributed by atoms with Crippen LogP contribution >= 0.6 is 0 Å². The highest BCUT2D eigenvalue weighted by molar-refractivity contribution is 6.28. The van der Waals surface area contributed by atoms with E-state index in [1.807, 2.05) is 60.7 Å². The Morgan fingerprint density at radius 1 is 0.295 bits per heavy atom. The number of para-hydroxylation sites is 3. The van der Waals surface area contributed by atoms with Crippen molar-refractivity contribution in [2.75, 3.05) is 0 Å². The molecule has 19 aromatic rings. The first-order valence-corrected chi connectivity index (χ1v) is 29.4. The van der Waals surface area contributed by atoms with E-state index in [4.69, 9.17) is 13.3 Å². The third-order valence-electron chi connectivity index (χ3n) is 18.3. The molecule has 19 rings (SSSR count). The summed E-state index contributed by atoms with van der Waals surface area (Å²) in [5.41, 5.74) is 18.4. The minimum Gasteiger partial charge on any atom is -0.455 e. The highest BCUT2D eigenvalue weighted by Crippen LogP contribution is 2.52. The molecule has 0 N–H and O–H groups in total. The lowest BCUT2D eigenvalue weighted by atomic mass is 10.0. The van der Waals surface area contributed by atoms with Gasteiger partial charge in [0, 0.05) is 48.5 Å². The van der Waals surface area contributed by atoms with Crippen LogP contribution in [0.2, 0.25) is 0 Å². The van der Waals surface area contributed by atoms with Crippen LogP contribution in [0.4, 0.5) is 5.69 Å². The number of rotatable bonds is 6. The van der Waals surface area contributed by atoms with Crippen molar-refractivity contribution in [1.82, 2.24) is 13.7 Å². The Hall–Kier alpha value is -12.4. The molecule has 88 heavy (non-hydrogen) atoms. The van der Waals surface area contributed by atoms with Gasteiger partial charge in [0.05, 0.1) is 78.5 Å². The zero-order chi connectivity index (χ0) is 57.9. The van der Waals surface area contributed by atoms with Gasteiger partial charge in [0.15, 0.2) is 0 Å². The second-order valence-corrected chi connectivity index (χ2v) is 22.8. The average molecular weight is 1120 g/mol. The minimum atomic E-state index is 0.290. The number of hydrogen-bond acceptors (Lipinski definition) is 4. The molecule has 0 saturated heterocycles. The first kappa shape index (κ1) is 48.1. The van der Waals surface area contributed by atoms with E-state index in [-0.39, 0.29) is 0 Å². The highest BCUT2D eigenvalue weighted by Gasteiger charge is 2.33. The minimum absolute atomic E-state index is 0.290. The Morgan fingerprint density at radius 3 is 0.989 bits per heavy atom. The fourth-order valence-corrected chi connectivity index (χ4v) is 14.5. The van der Waals surface area contributed by atoms with Gasteiger partial charge in [-0.3, -0.25) is 0 Å². The molecule has 0 radical (unpaired) electrons. The molecule has 0 bridgehead atoms. The van der Waals surface area contributed by atoms with E-state index in [1.165, 1.54) is 0 Å². The quantitative estimate of drug-likeness (QED) is 0.155. The summed E-state index contributed by atoms with van der Waals surface area (Å²) in [6, 6.07) is 93.3. The molecule has 406 valence electrons. The predicted octanol–water partition coefficient (Wildman–Crippen LogP) is 22.1. The zero-order valence-electron chi connectivity index (χ0n) is 46.8. The van der Waals surface area contributed by atoms with Crippen molar-refractivity contribution in [3.8, 4) is 56.5 Å². The van der Waals surface area contributed by atoms with Crippen LogP contribution in [0.3, 0.4) is 0 Å². The lowest BCUT2D eigenvalue weighted by molar-refractivity contribution is 0.672. The van der Waals surface area contributed by atoms with Crippen molar-refractivity contribution in [3.63, 3.8) is 0 Å². The van der Waals surface area contributed by atoms with Gasteiger partial charge in [0.25, 0.3) is 0 Å². The number of benzene rings is 13. The number of nitrogens with zero attached hydrogens (tertiary/aromatic N) is 5. The van der Waals surface area contributed by atoms with Crippen molar-refractivity contribution in [3.05, 3.63) is 278 Å². The summed E-state index contributed by atoms with van der Waals surface area (Å²) in [5.74, 6) is 0. The Kier molecular flexibility index (Phi) is 9.87.